The van der Waals surface area contributed by atoms with Gasteiger partial charge in [-0.15, -0.1) is 17.6 Å². The van der Waals surface area contributed by atoms with Crippen LogP contribution in [0.15, 0.2) is 36.4 Å². The Kier molecular flexibility index (Phi) is 4.56. The van der Waals surface area contributed by atoms with Crippen LogP contribution < -0.4 is 39.9 Å². The summed E-state index contributed by atoms with van der Waals surface area (Å²) in [6, 6.07) is 7.41. The van der Waals surface area contributed by atoms with E-state index in [1.807, 2.05) is 0 Å². The van der Waals surface area contributed by atoms with Crippen molar-refractivity contribution in [1.29, 1.82) is 0 Å². The molecule has 10 nitrogen and oxygen atoms in total. The zero-order valence-electron chi connectivity index (χ0n) is 18.7. The fraction of sp³-hybridized carbons (Fsp3) is 0.391. The molecule has 0 aromatic heterocycles. The molecule has 196 valence electrons. The lowest BCUT2D eigenvalue weighted by atomic mass is 9.32. The third-order valence-corrected chi connectivity index (χ3v) is 6.99. The number of rotatable bonds is 8. The zero-order valence-corrected chi connectivity index (χ0v) is 18.7. The van der Waals surface area contributed by atoms with E-state index in [1.165, 1.54) is 24.3 Å². The molecule has 7 rings (SSSR count). The molecule has 3 fully saturated rings. The highest BCUT2D eigenvalue weighted by atomic mass is 19.3. The van der Waals surface area contributed by atoms with Gasteiger partial charge in [-0.1, -0.05) is 0 Å². The first kappa shape index (κ1) is 23.3. The Bertz CT molecular complexity index is 1220. The number of hydrogen-bond donors (Lipinski definition) is 2. The average Bonchev–Trinajstić information content (AvgIpc) is 3.21. The molecule has 5 aliphatic rings. The Morgan fingerprint density at radius 3 is 1.38 bits per heavy atom. The topological polar surface area (TPSA) is 142 Å². The second-order valence-corrected chi connectivity index (χ2v) is 9.61. The van der Waals surface area contributed by atoms with Gasteiger partial charge in [-0.25, -0.2) is 0 Å². The smallest absolute Gasteiger partial charge is 0.480 e. The van der Waals surface area contributed by atoms with E-state index in [1.54, 1.807) is 0 Å². The number of halogens is 4. The molecular weight excluding hydrogens is 508 g/mol. The van der Waals surface area contributed by atoms with Crippen LogP contribution in [0.1, 0.15) is 19.3 Å². The van der Waals surface area contributed by atoms with Crippen molar-refractivity contribution >= 4 is 11.8 Å². The van der Waals surface area contributed by atoms with E-state index < -0.39 is 47.4 Å². The van der Waals surface area contributed by atoms with E-state index in [0.29, 0.717) is 0 Å². The maximum Gasteiger partial charge on any atom is 0.586 e. The first-order valence-electron chi connectivity index (χ1n) is 11.0. The SMILES string of the molecule is NC(=O)C(Oc1ccc2c(c1)OC(F)(F)O2)C12CC(C(Oc3ccc4c(c3)OC(F)(F)O4)C(N)=O)(C1)C2. The van der Waals surface area contributed by atoms with Crippen LogP contribution in [-0.2, 0) is 9.59 Å². The van der Waals surface area contributed by atoms with Gasteiger partial charge in [0.25, 0.3) is 11.8 Å². The van der Waals surface area contributed by atoms with Crippen LogP contribution in [0, 0.1) is 10.8 Å². The molecule has 0 spiro atoms. The quantitative estimate of drug-likeness (QED) is 0.500. The lowest BCUT2D eigenvalue weighted by Crippen LogP contribution is -2.75. The number of primary amides is 2. The van der Waals surface area contributed by atoms with Crippen molar-refractivity contribution in [3.05, 3.63) is 36.4 Å². The molecule has 3 saturated carbocycles. The van der Waals surface area contributed by atoms with Gasteiger partial charge < -0.3 is 39.9 Å². The number of alkyl halides is 4. The molecule has 2 aromatic carbocycles. The predicted molar refractivity (Wildman–Crippen MR) is 111 cm³/mol. The number of fused-ring (bicyclic) bond motifs is 2. The average molecular weight is 526 g/mol. The van der Waals surface area contributed by atoms with E-state index in [-0.39, 0.29) is 53.8 Å². The number of ether oxygens (including phenoxy) is 6. The van der Waals surface area contributed by atoms with Gasteiger partial charge in [0.05, 0.1) is 0 Å². The van der Waals surface area contributed by atoms with Gasteiger partial charge >= 0.3 is 12.6 Å². The molecule has 2 aliphatic heterocycles. The normalized spacial score (nSPS) is 28.3. The predicted octanol–water partition coefficient (Wildman–Crippen LogP) is 2.67. The summed E-state index contributed by atoms with van der Waals surface area (Å²) in [4.78, 5) is 24.6. The van der Waals surface area contributed by atoms with Crippen LogP contribution >= 0.6 is 0 Å². The summed E-state index contributed by atoms with van der Waals surface area (Å²) in [5.74, 6) is -2.36. The van der Waals surface area contributed by atoms with Crippen molar-refractivity contribution in [3.8, 4) is 34.5 Å². The lowest BCUT2D eigenvalue weighted by Gasteiger charge is -2.72. The first-order chi connectivity index (χ1) is 17.3. The van der Waals surface area contributed by atoms with Crippen molar-refractivity contribution in [2.24, 2.45) is 22.3 Å². The third kappa shape index (κ3) is 3.69. The molecule has 4 N–H and O–H groups in total. The minimum Gasteiger partial charge on any atom is -0.480 e. The highest BCUT2D eigenvalue weighted by Gasteiger charge is 2.76. The standard InChI is InChI=1S/C23H18F4N2O8/c24-22(25)34-12-3-1-10(5-14(12)36-22)32-16(18(28)30)20-7-21(8-20,9-20)17(19(29)31)33-11-2-4-13-15(6-11)37-23(26,27)35-13/h1-6,16-17H,7-9H2,(H2,28,30)(H2,29,31). The molecule has 2 aromatic rings. The van der Waals surface area contributed by atoms with Gasteiger partial charge in [0, 0.05) is 23.0 Å². The Hall–Kier alpha value is -4.10. The van der Waals surface area contributed by atoms with Gasteiger partial charge in [0.1, 0.15) is 11.5 Å². The fourth-order valence-corrected chi connectivity index (χ4v) is 5.75. The highest BCUT2D eigenvalue weighted by molar-refractivity contribution is 5.83. The van der Waals surface area contributed by atoms with E-state index in [2.05, 4.69) is 18.9 Å². The molecule has 2 amide bonds. The minimum atomic E-state index is -3.81. The largest absolute Gasteiger partial charge is 0.586 e. The van der Waals surface area contributed by atoms with Crippen LogP contribution in [0.4, 0.5) is 17.6 Å². The summed E-state index contributed by atoms with van der Waals surface area (Å²) in [6.07, 6.45) is -9.06. The molecular formula is C23H18F4N2O8. The molecule has 3 aliphatic carbocycles. The van der Waals surface area contributed by atoms with Crippen LogP contribution in [0.2, 0.25) is 0 Å². The first-order valence-corrected chi connectivity index (χ1v) is 11.0. The zero-order chi connectivity index (χ0) is 26.4. The number of nitrogens with two attached hydrogens (primary N) is 2. The Morgan fingerprint density at radius 2 is 1.03 bits per heavy atom. The number of benzene rings is 2. The monoisotopic (exact) mass is 526 g/mol. The summed E-state index contributed by atoms with van der Waals surface area (Å²) < 4.78 is 82.2. The summed E-state index contributed by atoms with van der Waals surface area (Å²) in [6.45, 7) is 0. The molecule has 2 unspecified atom stereocenters. The van der Waals surface area contributed by atoms with Crippen LogP contribution in [0.5, 0.6) is 34.5 Å². The number of carbonyl (C=O) groups excluding carboxylic acids is 2. The van der Waals surface area contributed by atoms with Crippen molar-refractivity contribution in [2.75, 3.05) is 0 Å². The Morgan fingerprint density at radius 1 is 0.676 bits per heavy atom. The fourth-order valence-electron chi connectivity index (χ4n) is 5.75. The summed E-state index contributed by atoms with van der Waals surface area (Å²) >= 11 is 0. The maximum absolute atomic E-state index is 13.3. The molecule has 0 radical (unpaired) electrons. The number of hydrogen-bond acceptors (Lipinski definition) is 8. The summed E-state index contributed by atoms with van der Waals surface area (Å²) in [7, 11) is 0. The van der Waals surface area contributed by atoms with Gasteiger partial charge in [0.15, 0.2) is 35.2 Å². The second kappa shape index (κ2) is 7.23. The third-order valence-electron chi connectivity index (χ3n) is 6.99. The molecule has 2 atom stereocenters. The molecule has 37 heavy (non-hydrogen) atoms. The van der Waals surface area contributed by atoms with E-state index in [0.717, 1.165) is 12.1 Å². The molecule has 0 saturated heterocycles. The van der Waals surface area contributed by atoms with Gasteiger partial charge in [-0.3, -0.25) is 9.59 Å². The Labute approximate surface area is 205 Å². The van der Waals surface area contributed by atoms with E-state index >= 15 is 0 Å². The Balaban J connectivity index is 1.16. The lowest BCUT2D eigenvalue weighted by molar-refractivity contribution is -0.287. The number of amides is 2. The second-order valence-electron chi connectivity index (χ2n) is 9.61. The maximum atomic E-state index is 13.3. The van der Waals surface area contributed by atoms with Crippen LogP contribution in [-0.4, -0.2) is 36.6 Å². The minimum absolute atomic E-state index is 0.0579. The van der Waals surface area contributed by atoms with Crippen LogP contribution in [0.25, 0.3) is 0 Å². The molecule has 14 heteroatoms. The summed E-state index contributed by atoms with van der Waals surface area (Å²) in [5.41, 5.74) is 9.70. The highest BCUT2D eigenvalue weighted by Crippen LogP contribution is 2.76. The van der Waals surface area contributed by atoms with Crippen molar-refractivity contribution in [1.82, 2.24) is 0 Å². The van der Waals surface area contributed by atoms with Crippen LogP contribution in [0.3, 0.4) is 0 Å². The van der Waals surface area contributed by atoms with Crippen molar-refractivity contribution in [2.45, 2.75) is 44.1 Å². The number of carbonyl (C=O) groups is 2. The van der Waals surface area contributed by atoms with Gasteiger partial charge in [-0.05, 0) is 43.5 Å². The van der Waals surface area contributed by atoms with Crippen molar-refractivity contribution in [3.63, 3.8) is 0 Å². The van der Waals surface area contributed by atoms with Gasteiger partial charge in [-0.2, -0.15) is 0 Å². The van der Waals surface area contributed by atoms with Gasteiger partial charge in [0.2, 0.25) is 0 Å². The van der Waals surface area contributed by atoms with E-state index in [4.69, 9.17) is 20.9 Å². The van der Waals surface area contributed by atoms with E-state index in [9.17, 15) is 27.2 Å². The van der Waals surface area contributed by atoms with Crippen molar-refractivity contribution < 1.29 is 55.6 Å². The molecule has 2 heterocycles. The summed E-state index contributed by atoms with van der Waals surface area (Å²) in [5, 5.41) is 0. The molecule has 2 bridgehead atoms.